The zero-order chi connectivity index (χ0) is 24.6. The van der Waals surface area contributed by atoms with Crippen molar-refractivity contribution in [1.82, 2.24) is 9.29 Å². The molecule has 3 heterocycles. The maximum Gasteiger partial charge on any atom is 0.247 e. The van der Waals surface area contributed by atoms with Gasteiger partial charge in [0, 0.05) is 6.54 Å². The number of carbonyl (C=O) groups is 1. The number of ether oxygens (including phenoxy) is 1. The lowest BCUT2D eigenvalue weighted by Gasteiger charge is -2.28. The number of aryl methyl sites for hydroxylation is 1. The van der Waals surface area contributed by atoms with E-state index in [9.17, 15) is 13.2 Å². The molecule has 4 aromatic rings. The summed E-state index contributed by atoms with van der Waals surface area (Å²) in [6.07, 6.45) is 2.59. The van der Waals surface area contributed by atoms with Crippen molar-refractivity contribution in [2.75, 3.05) is 18.6 Å². The van der Waals surface area contributed by atoms with Crippen LogP contribution in [0.5, 0.6) is 5.75 Å². The number of methoxy groups -OCH3 is 1. The number of carbonyl (C=O) groups excluding carboxylic acids is 1. The highest BCUT2D eigenvalue weighted by Crippen LogP contribution is 2.35. The van der Waals surface area contributed by atoms with E-state index in [1.807, 2.05) is 25.1 Å². The largest absolute Gasteiger partial charge is 0.497 e. The van der Waals surface area contributed by atoms with Gasteiger partial charge in [-0.3, -0.25) is 9.69 Å². The molecule has 10 heteroatoms. The van der Waals surface area contributed by atoms with Gasteiger partial charge < -0.3 is 9.15 Å². The third-order valence-corrected chi connectivity index (χ3v) is 9.06. The molecule has 1 unspecified atom stereocenters. The van der Waals surface area contributed by atoms with Crippen molar-refractivity contribution >= 4 is 42.6 Å². The smallest absolute Gasteiger partial charge is 0.247 e. The van der Waals surface area contributed by atoms with E-state index in [2.05, 4.69) is 4.98 Å². The molecule has 0 radical (unpaired) electrons. The van der Waals surface area contributed by atoms with E-state index in [1.54, 1.807) is 49.8 Å². The number of benzene rings is 2. The Morgan fingerprint density at radius 2 is 2.03 bits per heavy atom. The van der Waals surface area contributed by atoms with Crippen molar-refractivity contribution in [2.24, 2.45) is 0 Å². The lowest BCUT2D eigenvalue weighted by Crippen LogP contribution is -2.47. The molecule has 0 bridgehead atoms. The van der Waals surface area contributed by atoms with Crippen LogP contribution in [0.1, 0.15) is 24.2 Å². The van der Waals surface area contributed by atoms with Crippen LogP contribution in [0.25, 0.3) is 10.2 Å². The molecule has 8 nitrogen and oxygen atoms in total. The molecular formula is C25H25N3O5S2. The van der Waals surface area contributed by atoms with E-state index in [0.29, 0.717) is 29.5 Å². The van der Waals surface area contributed by atoms with Crippen molar-refractivity contribution in [2.45, 2.75) is 37.2 Å². The van der Waals surface area contributed by atoms with E-state index >= 15 is 0 Å². The van der Waals surface area contributed by atoms with Crippen molar-refractivity contribution < 1.29 is 22.4 Å². The standard InChI is InChI=1S/C25H25N3O5S2/c1-17-7-10-20(11-8-17)35(30,31)28-13-3-6-22(28)24(29)27(16-19-5-4-14-33-19)25-26-21-12-9-18(32-2)15-23(21)34-25/h4-5,7-12,14-15,22H,3,6,13,16H2,1-2H3. The average Bonchev–Trinajstić information content (AvgIpc) is 3.62. The Bertz CT molecular complexity index is 1450. The van der Waals surface area contributed by atoms with Crippen LogP contribution in [0.4, 0.5) is 5.13 Å². The molecule has 2 aromatic heterocycles. The fraction of sp³-hybridized carbons (Fsp3) is 0.280. The summed E-state index contributed by atoms with van der Waals surface area (Å²) in [5, 5.41) is 0.481. The van der Waals surface area contributed by atoms with Crippen LogP contribution in [0, 0.1) is 6.92 Å². The van der Waals surface area contributed by atoms with Crippen molar-refractivity contribution in [3.63, 3.8) is 0 Å². The van der Waals surface area contributed by atoms with E-state index < -0.39 is 16.1 Å². The first-order chi connectivity index (χ1) is 16.9. The first kappa shape index (κ1) is 23.5. The number of thiazole rings is 1. The minimum Gasteiger partial charge on any atom is -0.497 e. The number of hydrogen-bond donors (Lipinski definition) is 0. The van der Waals surface area contributed by atoms with Crippen LogP contribution in [-0.2, 0) is 21.4 Å². The van der Waals surface area contributed by atoms with Gasteiger partial charge in [-0.1, -0.05) is 29.0 Å². The van der Waals surface area contributed by atoms with Gasteiger partial charge in [0.05, 0.1) is 35.0 Å². The lowest BCUT2D eigenvalue weighted by molar-refractivity contribution is -0.121. The topological polar surface area (TPSA) is 92.9 Å². The Kier molecular flexibility index (Phi) is 6.35. The number of sulfonamides is 1. The van der Waals surface area contributed by atoms with Gasteiger partial charge in [-0.2, -0.15) is 4.31 Å². The van der Waals surface area contributed by atoms with Gasteiger partial charge in [0.2, 0.25) is 15.9 Å². The van der Waals surface area contributed by atoms with Crippen LogP contribution in [0.2, 0.25) is 0 Å². The van der Waals surface area contributed by atoms with E-state index in [-0.39, 0.29) is 23.9 Å². The summed E-state index contributed by atoms with van der Waals surface area (Å²) in [5.74, 6) is 0.963. The van der Waals surface area contributed by atoms with Gasteiger partial charge >= 0.3 is 0 Å². The molecule has 35 heavy (non-hydrogen) atoms. The number of anilines is 1. The van der Waals surface area contributed by atoms with Crippen molar-refractivity contribution in [3.05, 3.63) is 72.2 Å². The van der Waals surface area contributed by atoms with Gasteiger partial charge in [0.1, 0.15) is 17.6 Å². The highest BCUT2D eigenvalue weighted by atomic mass is 32.2. The summed E-state index contributed by atoms with van der Waals surface area (Å²) in [5.41, 5.74) is 1.70. The molecule has 0 spiro atoms. The number of aromatic nitrogens is 1. The first-order valence-electron chi connectivity index (χ1n) is 11.2. The van der Waals surface area contributed by atoms with Gasteiger partial charge in [0.15, 0.2) is 5.13 Å². The summed E-state index contributed by atoms with van der Waals surface area (Å²) in [7, 11) is -2.24. The summed E-state index contributed by atoms with van der Waals surface area (Å²) < 4.78 is 39.9. The highest BCUT2D eigenvalue weighted by molar-refractivity contribution is 7.89. The predicted molar refractivity (Wildman–Crippen MR) is 134 cm³/mol. The Hall–Kier alpha value is -3.21. The van der Waals surface area contributed by atoms with E-state index in [1.165, 1.54) is 20.5 Å². The van der Waals surface area contributed by atoms with Crippen molar-refractivity contribution in [1.29, 1.82) is 0 Å². The molecule has 1 aliphatic rings. The lowest BCUT2D eigenvalue weighted by atomic mass is 10.2. The minimum absolute atomic E-state index is 0.151. The summed E-state index contributed by atoms with van der Waals surface area (Å²) >= 11 is 1.35. The second kappa shape index (κ2) is 9.44. The Morgan fingerprint density at radius 1 is 1.23 bits per heavy atom. The fourth-order valence-corrected chi connectivity index (χ4v) is 6.88. The molecule has 1 aliphatic heterocycles. The van der Waals surface area contributed by atoms with Gasteiger partial charge in [-0.15, -0.1) is 0 Å². The van der Waals surface area contributed by atoms with Gasteiger partial charge in [-0.05, 0) is 62.2 Å². The molecule has 182 valence electrons. The van der Waals surface area contributed by atoms with Crippen molar-refractivity contribution in [3.8, 4) is 5.75 Å². The number of rotatable bonds is 7. The van der Waals surface area contributed by atoms with E-state index in [0.717, 1.165) is 15.8 Å². The summed E-state index contributed by atoms with van der Waals surface area (Å²) in [6.45, 7) is 2.34. The molecule has 0 saturated carbocycles. The molecule has 2 aromatic carbocycles. The third-order valence-electron chi connectivity index (χ3n) is 6.09. The number of nitrogens with zero attached hydrogens (tertiary/aromatic N) is 3. The fourth-order valence-electron chi connectivity index (χ4n) is 4.23. The molecular weight excluding hydrogens is 486 g/mol. The van der Waals surface area contributed by atoms with Gasteiger partial charge in [0.25, 0.3) is 0 Å². The number of amides is 1. The first-order valence-corrected chi connectivity index (χ1v) is 13.5. The van der Waals surface area contributed by atoms with Crippen LogP contribution in [-0.4, -0.2) is 43.3 Å². The monoisotopic (exact) mass is 511 g/mol. The number of hydrogen-bond acceptors (Lipinski definition) is 7. The van der Waals surface area contributed by atoms with E-state index in [4.69, 9.17) is 9.15 Å². The maximum absolute atomic E-state index is 13.9. The third kappa shape index (κ3) is 4.56. The SMILES string of the molecule is COc1ccc2nc(N(Cc3ccco3)C(=O)C3CCCN3S(=O)(=O)c3ccc(C)cc3)sc2c1. The summed E-state index contributed by atoms with van der Waals surface area (Å²) in [4.78, 5) is 20.3. The van der Waals surface area contributed by atoms with Gasteiger partial charge in [-0.25, -0.2) is 13.4 Å². The maximum atomic E-state index is 13.9. The predicted octanol–water partition coefficient (Wildman–Crippen LogP) is 4.59. The Balaban J connectivity index is 1.51. The summed E-state index contributed by atoms with van der Waals surface area (Å²) in [6, 6.07) is 14.9. The highest BCUT2D eigenvalue weighted by Gasteiger charge is 2.42. The van der Waals surface area contributed by atoms with Crippen LogP contribution < -0.4 is 9.64 Å². The molecule has 1 saturated heterocycles. The molecule has 0 aliphatic carbocycles. The van der Waals surface area contributed by atoms with Crippen LogP contribution >= 0.6 is 11.3 Å². The van der Waals surface area contributed by atoms with Crippen LogP contribution in [0.15, 0.2) is 70.2 Å². The molecule has 0 N–H and O–H groups in total. The number of furan rings is 1. The number of fused-ring (bicyclic) bond motifs is 1. The zero-order valence-electron chi connectivity index (χ0n) is 19.4. The normalized spacial score (nSPS) is 16.6. The quantitative estimate of drug-likeness (QED) is 0.360. The molecule has 1 fully saturated rings. The second-order valence-corrected chi connectivity index (χ2v) is 11.3. The average molecular weight is 512 g/mol. The second-order valence-electron chi connectivity index (χ2n) is 8.42. The Labute approximate surface area is 207 Å². The zero-order valence-corrected chi connectivity index (χ0v) is 21.0. The minimum atomic E-state index is -3.83. The molecule has 1 atom stereocenters. The molecule has 1 amide bonds. The Morgan fingerprint density at radius 3 is 2.74 bits per heavy atom. The molecule has 5 rings (SSSR count). The van der Waals surface area contributed by atoms with Crippen LogP contribution in [0.3, 0.4) is 0 Å².